The summed E-state index contributed by atoms with van der Waals surface area (Å²) in [5.74, 6) is 1.64. The molecule has 0 bridgehead atoms. The number of hydrogen-bond donors (Lipinski definition) is 1. The molecule has 21 heavy (non-hydrogen) atoms. The summed E-state index contributed by atoms with van der Waals surface area (Å²) in [6.45, 7) is 6.40. The molecule has 1 aliphatic rings. The minimum atomic E-state index is 0.386. The molecule has 0 saturated carbocycles. The van der Waals surface area contributed by atoms with Gasteiger partial charge in [-0.25, -0.2) is 0 Å². The van der Waals surface area contributed by atoms with Crippen LogP contribution in [0.5, 0.6) is 11.5 Å². The van der Waals surface area contributed by atoms with Crippen molar-refractivity contribution in [2.75, 3.05) is 18.5 Å². The third kappa shape index (κ3) is 3.29. The van der Waals surface area contributed by atoms with Crippen molar-refractivity contribution in [3.8, 4) is 11.5 Å². The Morgan fingerprint density at radius 3 is 2.81 bits per heavy atom. The molecule has 0 atom stereocenters. The van der Waals surface area contributed by atoms with Crippen LogP contribution in [0.4, 0.5) is 5.69 Å². The molecule has 5 nitrogen and oxygen atoms in total. The van der Waals surface area contributed by atoms with Crippen LogP contribution in [0.25, 0.3) is 0 Å². The molecule has 1 aromatic carbocycles. The Hall–Kier alpha value is -2.17. The summed E-state index contributed by atoms with van der Waals surface area (Å²) in [6.07, 6.45) is 4.89. The molecule has 0 unspecified atom stereocenters. The first-order valence-corrected chi connectivity index (χ1v) is 7.39. The summed E-state index contributed by atoms with van der Waals surface area (Å²) in [5.41, 5.74) is 2.19. The van der Waals surface area contributed by atoms with Gasteiger partial charge in [-0.2, -0.15) is 5.10 Å². The van der Waals surface area contributed by atoms with Crippen LogP contribution in [0.3, 0.4) is 0 Å². The number of nitrogens with zero attached hydrogens (tertiary/aromatic N) is 2. The van der Waals surface area contributed by atoms with Crippen LogP contribution in [0.1, 0.15) is 31.9 Å². The third-order valence-electron chi connectivity index (χ3n) is 3.43. The molecule has 1 aliphatic heterocycles. The number of nitrogens with one attached hydrogen (secondary N) is 1. The normalized spacial score (nSPS) is 14.0. The molecule has 0 saturated heterocycles. The standard InChI is InChI=1S/C16H21N3O2/c1-12(2)19-11-13(10-18-19)9-17-14-4-5-15-16(8-14)21-7-3-6-20-15/h4-5,8,10-12,17H,3,6-7,9H2,1-2H3. The summed E-state index contributed by atoms with van der Waals surface area (Å²) >= 11 is 0. The molecule has 3 rings (SSSR count). The van der Waals surface area contributed by atoms with E-state index in [1.165, 1.54) is 0 Å². The Morgan fingerprint density at radius 1 is 1.24 bits per heavy atom. The molecule has 2 aromatic rings. The fourth-order valence-corrected chi connectivity index (χ4v) is 2.23. The van der Waals surface area contributed by atoms with Crippen molar-refractivity contribution in [2.24, 2.45) is 0 Å². The number of rotatable bonds is 4. The molecule has 2 heterocycles. The maximum atomic E-state index is 5.70. The van der Waals surface area contributed by atoms with Gasteiger partial charge in [0.05, 0.1) is 19.4 Å². The van der Waals surface area contributed by atoms with Crippen molar-refractivity contribution in [1.82, 2.24) is 9.78 Å². The molecule has 112 valence electrons. The van der Waals surface area contributed by atoms with Gasteiger partial charge in [0.25, 0.3) is 0 Å². The average Bonchev–Trinajstić information content (AvgIpc) is 2.84. The lowest BCUT2D eigenvalue weighted by molar-refractivity contribution is 0.297. The summed E-state index contributed by atoms with van der Waals surface area (Å²) < 4.78 is 13.3. The zero-order valence-corrected chi connectivity index (χ0v) is 12.5. The highest BCUT2D eigenvalue weighted by molar-refractivity contribution is 5.55. The van der Waals surface area contributed by atoms with Crippen molar-refractivity contribution in [2.45, 2.75) is 32.9 Å². The van der Waals surface area contributed by atoms with Gasteiger partial charge in [-0.05, 0) is 26.0 Å². The molecule has 0 radical (unpaired) electrons. The molecule has 1 aromatic heterocycles. The Kier molecular flexibility index (Phi) is 3.99. The summed E-state index contributed by atoms with van der Waals surface area (Å²) in [7, 11) is 0. The summed E-state index contributed by atoms with van der Waals surface area (Å²) in [5, 5.41) is 7.74. The van der Waals surface area contributed by atoms with E-state index in [4.69, 9.17) is 9.47 Å². The van der Waals surface area contributed by atoms with Gasteiger partial charge in [-0.1, -0.05) is 0 Å². The highest BCUT2D eigenvalue weighted by Crippen LogP contribution is 2.32. The summed E-state index contributed by atoms with van der Waals surface area (Å²) in [6, 6.07) is 6.35. The van der Waals surface area contributed by atoms with Crippen LogP contribution in [0, 0.1) is 0 Å². The van der Waals surface area contributed by atoms with E-state index in [9.17, 15) is 0 Å². The molecule has 0 spiro atoms. The molecule has 5 heteroatoms. The minimum absolute atomic E-state index is 0.386. The first-order chi connectivity index (χ1) is 10.2. The van der Waals surface area contributed by atoms with E-state index in [1.54, 1.807) is 0 Å². The Morgan fingerprint density at radius 2 is 2.05 bits per heavy atom. The van der Waals surface area contributed by atoms with Crippen LogP contribution in [0.15, 0.2) is 30.6 Å². The predicted molar refractivity (Wildman–Crippen MR) is 82.0 cm³/mol. The maximum absolute atomic E-state index is 5.70. The van der Waals surface area contributed by atoms with Gasteiger partial charge >= 0.3 is 0 Å². The Balaban J connectivity index is 1.66. The van der Waals surface area contributed by atoms with E-state index in [1.807, 2.05) is 29.1 Å². The number of anilines is 1. The lowest BCUT2D eigenvalue weighted by atomic mass is 10.2. The highest BCUT2D eigenvalue weighted by atomic mass is 16.5. The van der Waals surface area contributed by atoms with E-state index in [0.717, 1.165) is 35.7 Å². The van der Waals surface area contributed by atoms with Gasteiger partial charge in [0.2, 0.25) is 0 Å². The molecule has 0 amide bonds. The Bertz CT molecular complexity index is 607. The minimum Gasteiger partial charge on any atom is -0.490 e. The summed E-state index contributed by atoms with van der Waals surface area (Å²) in [4.78, 5) is 0. The average molecular weight is 287 g/mol. The predicted octanol–water partition coefficient (Wildman–Crippen LogP) is 3.24. The molecular weight excluding hydrogens is 266 g/mol. The topological polar surface area (TPSA) is 48.3 Å². The number of fused-ring (bicyclic) bond motifs is 1. The van der Waals surface area contributed by atoms with Crippen LogP contribution in [0.2, 0.25) is 0 Å². The number of ether oxygens (including phenoxy) is 2. The van der Waals surface area contributed by atoms with Crippen molar-refractivity contribution in [1.29, 1.82) is 0 Å². The van der Waals surface area contributed by atoms with Crippen molar-refractivity contribution in [3.05, 3.63) is 36.2 Å². The van der Waals surface area contributed by atoms with Crippen LogP contribution in [-0.4, -0.2) is 23.0 Å². The quantitative estimate of drug-likeness (QED) is 0.938. The third-order valence-corrected chi connectivity index (χ3v) is 3.43. The van der Waals surface area contributed by atoms with E-state index in [0.29, 0.717) is 19.3 Å². The van der Waals surface area contributed by atoms with E-state index >= 15 is 0 Å². The SMILES string of the molecule is CC(C)n1cc(CNc2ccc3c(c2)OCCCO3)cn1. The van der Waals surface area contributed by atoms with Crippen molar-refractivity contribution in [3.63, 3.8) is 0 Å². The molecular formula is C16H21N3O2. The largest absolute Gasteiger partial charge is 0.490 e. The molecule has 1 N–H and O–H groups in total. The zero-order valence-electron chi connectivity index (χ0n) is 12.5. The van der Waals surface area contributed by atoms with Gasteiger partial charge < -0.3 is 14.8 Å². The van der Waals surface area contributed by atoms with Crippen LogP contribution < -0.4 is 14.8 Å². The lowest BCUT2D eigenvalue weighted by Crippen LogP contribution is -2.01. The smallest absolute Gasteiger partial charge is 0.163 e. The number of benzene rings is 1. The van der Waals surface area contributed by atoms with Crippen molar-refractivity contribution >= 4 is 5.69 Å². The number of aromatic nitrogens is 2. The van der Waals surface area contributed by atoms with Gasteiger partial charge in [0.15, 0.2) is 11.5 Å². The first kappa shape index (κ1) is 13.8. The maximum Gasteiger partial charge on any atom is 0.163 e. The van der Waals surface area contributed by atoms with Crippen LogP contribution in [-0.2, 0) is 6.54 Å². The Labute approximate surface area is 124 Å². The molecule has 0 fully saturated rings. The van der Waals surface area contributed by atoms with Crippen LogP contribution >= 0.6 is 0 Å². The second-order valence-electron chi connectivity index (χ2n) is 5.49. The lowest BCUT2D eigenvalue weighted by Gasteiger charge is -2.10. The van der Waals surface area contributed by atoms with Crippen molar-refractivity contribution < 1.29 is 9.47 Å². The van der Waals surface area contributed by atoms with E-state index in [-0.39, 0.29) is 0 Å². The van der Waals surface area contributed by atoms with Gasteiger partial charge in [0.1, 0.15) is 0 Å². The van der Waals surface area contributed by atoms with Gasteiger partial charge in [-0.3, -0.25) is 4.68 Å². The van der Waals surface area contributed by atoms with E-state index < -0.39 is 0 Å². The molecule has 0 aliphatic carbocycles. The van der Waals surface area contributed by atoms with Gasteiger partial charge in [0, 0.05) is 42.5 Å². The fourth-order valence-electron chi connectivity index (χ4n) is 2.23. The second kappa shape index (κ2) is 6.08. The zero-order chi connectivity index (χ0) is 14.7. The second-order valence-corrected chi connectivity index (χ2v) is 5.49. The monoisotopic (exact) mass is 287 g/mol. The first-order valence-electron chi connectivity index (χ1n) is 7.39. The highest BCUT2D eigenvalue weighted by Gasteiger charge is 2.10. The van der Waals surface area contributed by atoms with Gasteiger partial charge in [-0.15, -0.1) is 0 Å². The fraction of sp³-hybridized carbons (Fsp3) is 0.438. The van der Waals surface area contributed by atoms with E-state index in [2.05, 4.69) is 30.5 Å². The number of hydrogen-bond acceptors (Lipinski definition) is 4.